The van der Waals surface area contributed by atoms with Gasteiger partial charge in [0, 0.05) is 6.42 Å². The van der Waals surface area contributed by atoms with E-state index in [0.717, 1.165) is 6.42 Å². The number of fused-ring (bicyclic) bond motifs is 1. The number of benzene rings is 2. The number of rotatable bonds is 6. The van der Waals surface area contributed by atoms with Crippen molar-refractivity contribution >= 4 is 27.4 Å². The number of halogens is 1. The Morgan fingerprint density at radius 1 is 1.11 bits per heavy atom. The summed E-state index contributed by atoms with van der Waals surface area (Å²) in [6.45, 7) is 1.02. The number of sulfone groups is 1. The first-order valence-corrected chi connectivity index (χ1v) is 10.5. The van der Waals surface area contributed by atoms with Gasteiger partial charge in [-0.2, -0.15) is 0 Å². The molecule has 6 nitrogen and oxygen atoms in total. The van der Waals surface area contributed by atoms with Crippen molar-refractivity contribution in [3.8, 4) is 11.5 Å². The van der Waals surface area contributed by atoms with Gasteiger partial charge in [-0.25, -0.2) is 8.42 Å². The van der Waals surface area contributed by atoms with Gasteiger partial charge in [-0.1, -0.05) is 29.8 Å². The van der Waals surface area contributed by atoms with E-state index in [1.54, 1.807) is 30.3 Å². The fraction of sp³-hybridized carbons (Fsp3) is 0.316. The van der Waals surface area contributed by atoms with Gasteiger partial charge in [0.1, 0.15) is 6.61 Å². The minimum Gasteiger partial charge on any atom is -0.489 e. The second-order valence-corrected chi connectivity index (χ2v) is 8.51. The Labute approximate surface area is 162 Å². The first kappa shape index (κ1) is 19.5. The van der Waals surface area contributed by atoms with E-state index in [1.165, 1.54) is 12.1 Å². The van der Waals surface area contributed by atoms with Crippen molar-refractivity contribution in [3.63, 3.8) is 0 Å². The summed E-state index contributed by atoms with van der Waals surface area (Å²) >= 11 is 6.20. The molecule has 0 amide bonds. The molecule has 0 spiro atoms. The van der Waals surface area contributed by atoms with Crippen LogP contribution in [0.3, 0.4) is 0 Å². The first-order valence-electron chi connectivity index (χ1n) is 8.47. The maximum Gasteiger partial charge on any atom is 0.307 e. The lowest BCUT2D eigenvalue weighted by atomic mass is 10.2. The van der Waals surface area contributed by atoms with E-state index in [-0.39, 0.29) is 23.7 Å². The molecule has 2 aromatic rings. The summed E-state index contributed by atoms with van der Waals surface area (Å²) in [5, 5.41) is 0.382. The molecule has 0 radical (unpaired) electrons. The molecule has 0 saturated heterocycles. The highest BCUT2D eigenvalue weighted by Gasteiger charge is 2.18. The van der Waals surface area contributed by atoms with Crippen LogP contribution in [0.2, 0.25) is 5.02 Å². The predicted molar refractivity (Wildman–Crippen MR) is 100.0 cm³/mol. The third-order valence-corrected chi connectivity index (χ3v) is 5.95. The van der Waals surface area contributed by atoms with Crippen LogP contribution in [0, 0.1) is 0 Å². The topological polar surface area (TPSA) is 78.9 Å². The molecule has 0 fully saturated rings. The summed E-state index contributed by atoms with van der Waals surface area (Å²) in [5.41, 5.74) is 0.642. The molecule has 0 saturated carbocycles. The maximum absolute atomic E-state index is 12.2. The van der Waals surface area contributed by atoms with E-state index in [9.17, 15) is 13.2 Å². The monoisotopic (exact) mass is 410 g/mol. The Hall–Kier alpha value is -2.25. The number of ether oxygens (including phenoxy) is 3. The van der Waals surface area contributed by atoms with Gasteiger partial charge in [0.15, 0.2) is 21.3 Å². The van der Waals surface area contributed by atoms with Crippen LogP contribution in [0.5, 0.6) is 11.5 Å². The zero-order chi connectivity index (χ0) is 19.3. The zero-order valence-corrected chi connectivity index (χ0v) is 16.1. The van der Waals surface area contributed by atoms with Gasteiger partial charge < -0.3 is 14.2 Å². The van der Waals surface area contributed by atoms with Gasteiger partial charge in [-0.15, -0.1) is 0 Å². The average Bonchev–Trinajstić information content (AvgIpc) is 2.91. The van der Waals surface area contributed by atoms with Crippen LogP contribution in [0.4, 0.5) is 0 Å². The van der Waals surface area contributed by atoms with Gasteiger partial charge in [0.05, 0.1) is 35.3 Å². The smallest absolute Gasteiger partial charge is 0.307 e. The van der Waals surface area contributed by atoms with Crippen molar-refractivity contribution in [2.45, 2.75) is 24.3 Å². The number of carbonyl (C=O) groups excluding carboxylic acids is 1. The Bertz CT molecular complexity index is 911. The molecule has 3 rings (SSSR count). The SMILES string of the molecule is O=C(CCS(=O)(=O)c1ccccc1)OCc1cc(Cl)c2c(c1)OCCCO2. The summed E-state index contributed by atoms with van der Waals surface area (Å²) in [5.74, 6) is 0.0891. The lowest BCUT2D eigenvalue weighted by Gasteiger charge is -2.12. The Morgan fingerprint density at radius 3 is 2.63 bits per heavy atom. The molecule has 0 atom stereocenters. The van der Waals surface area contributed by atoms with E-state index in [2.05, 4.69) is 0 Å². The van der Waals surface area contributed by atoms with Crippen molar-refractivity contribution in [1.82, 2.24) is 0 Å². The van der Waals surface area contributed by atoms with Crippen LogP contribution in [0.25, 0.3) is 0 Å². The van der Waals surface area contributed by atoms with Crippen LogP contribution in [0.15, 0.2) is 47.4 Å². The van der Waals surface area contributed by atoms with Crippen LogP contribution < -0.4 is 9.47 Å². The maximum atomic E-state index is 12.2. The normalized spacial score (nSPS) is 13.7. The Balaban J connectivity index is 1.57. The Kier molecular flexibility index (Phi) is 6.23. The molecule has 2 aromatic carbocycles. The first-order chi connectivity index (χ1) is 13.0. The molecule has 1 aliphatic heterocycles. The standard InChI is InChI=1S/C19H19ClO6S/c20-16-11-14(12-17-19(16)25-9-4-8-24-17)13-26-18(21)7-10-27(22,23)15-5-2-1-3-6-15/h1-3,5-6,11-12H,4,7-10,13H2. The number of esters is 1. The van der Waals surface area contributed by atoms with E-state index >= 15 is 0 Å². The summed E-state index contributed by atoms with van der Waals surface area (Å²) in [6.07, 6.45) is 0.528. The molecule has 0 bridgehead atoms. The second-order valence-electron chi connectivity index (χ2n) is 6.00. The van der Waals surface area contributed by atoms with Gasteiger partial charge in [0.25, 0.3) is 0 Å². The fourth-order valence-electron chi connectivity index (χ4n) is 2.57. The Morgan fingerprint density at radius 2 is 1.85 bits per heavy atom. The van der Waals surface area contributed by atoms with Crippen LogP contribution in [-0.4, -0.2) is 33.4 Å². The molecule has 27 heavy (non-hydrogen) atoms. The molecule has 144 valence electrons. The van der Waals surface area contributed by atoms with Crippen molar-refractivity contribution in [1.29, 1.82) is 0 Å². The fourth-order valence-corrected chi connectivity index (χ4v) is 4.10. The molecule has 0 N–H and O–H groups in total. The summed E-state index contributed by atoms with van der Waals surface area (Å²) in [4.78, 5) is 12.1. The molecular weight excluding hydrogens is 392 g/mol. The lowest BCUT2D eigenvalue weighted by molar-refractivity contribution is -0.144. The molecule has 0 unspecified atom stereocenters. The van der Waals surface area contributed by atoms with Crippen molar-refractivity contribution in [2.75, 3.05) is 19.0 Å². The van der Waals surface area contributed by atoms with Gasteiger partial charge in [-0.05, 0) is 29.8 Å². The number of carbonyl (C=O) groups is 1. The van der Waals surface area contributed by atoms with Gasteiger partial charge >= 0.3 is 5.97 Å². The summed E-state index contributed by atoms with van der Waals surface area (Å²) in [6, 6.07) is 11.4. The van der Waals surface area contributed by atoms with E-state index < -0.39 is 15.8 Å². The molecular formula is C19H19ClO6S. The van der Waals surface area contributed by atoms with Crippen molar-refractivity contribution in [3.05, 3.63) is 53.1 Å². The third kappa shape index (κ3) is 5.14. The molecule has 1 heterocycles. The molecule has 0 aliphatic carbocycles. The minimum absolute atomic E-state index is 0.0272. The summed E-state index contributed by atoms with van der Waals surface area (Å²) < 4.78 is 40.7. The lowest BCUT2D eigenvalue weighted by Crippen LogP contribution is -2.13. The van der Waals surface area contributed by atoms with Gasteiger partial charge in [-0.3, -0.25) is 4.79 Å². The molecule has 1 aliphatic rings. The summed E-state index contributed by atoms with van der Waals surface area (Å²) in [7, 11) is -3.52. The van der Waals surface area contributed by atoms with Gasteiger partial charge in [0.2, 0.25) is 0 Å². The van der Waals surface area contributed by atoms with Crippen LogP contribution in [0.1, 0.15) is 18.4 Å². The highest BCUT2D eigenvalue weighted by atomic mass is 35.5. The van der Waals surface area contributed by atoms with Crippen molar-refractivity contribution in [2.24, 2.45) is 0 Å². The number of hydrogen-bond donors (Lipinski definition) is 0. The largest absolute Gasteiger partial charge is 0.489 e. The second kappa shape index (κ2) is 8.63. The van der Waals surface area contributed by atoms with Crippen molar-refractivity contribution < 1.29 is 27.4 Å². The zero-order valence-electron chi connectivity index (χ0n) is 14.5. The molecule has 8 heteroatoms. The van der Waals surface area contributed by atoms with E-state index in [4.69, 9.17) is 25.8 Å². The highest BCUT2D eigenvalue weighted by Crippen LogP contribution is 2.38. The number of hydrogen-bond acceptors (Lipinski definition) is 6. The average molecular weight is 411 g/mol. The highest BCUT2D eigenvalue weighted by molar-refractivity contribution is 7.91. The molecule has 0 aromatic heterocycles. The minimum atomic E-state index is -3.52. The van der Waals surface area contributed by atoms with E-state index in [1.807, 2.05) is 0 Å². The predicted octanol–water partition coefficient (Wildman–Crippen LogP) is 3.41. The quantitative estimate of drug-likeness (QED) is 0.679. The third-order valence-electron chi connectivity index (χ3n) is 3.94. The van der Waals surface area contributed by atoms with Crippen LogP contribution in [-0.2, 0) is 26.0 Å². The van der Waals surface area contributed by atoms with E-state index in [0.29, 0.717) is 35.3 Å². The van der Waals surface area contributed by atoms with Crippen LogP contribution >= 0.6 is 11.6 Å².